The molecule has 0 aliphatic carbocycles. The molecule has 2 amide bonds. The molecule has 0 aromatic carbocycles. The van der Waals surface area contributed by atoms with Crippen LogP contribution in [0.4, 0.5) is 5.69 Å². The highest BCUT2D eigenvalue weighted by Gasteiger charge is 2.26. The highest BCUT2D eigenvalue weighted by molar-refractivity contribution is 5.97. The zero-order valence-corrected chi connectivity index (χ0v) is 11.9. The summed E-state index contributed by atoms with van der Waals surface area (Å²) in [7, 11) is 1.74. The zero-order chi connectivity index (χ0) is 14.7. The van der Waals surface area contributed by atoms with Gasteiger partial charge in [0.1, 0.15) is 0 Å². The predicted molar refractivity (Wildman–Crippen MR) is 75.0 cm³/mol. The van der Waals surface area contributed by atoms with E-state index in [9.17, 15) is 9.59 Å². The Kier molecular flexibility index (Phi) is 4.26. The fourth-order valence-corrected chi connectivity index (χ4v) is 2.38. The molecule has 0 unspecified atom stereocenters. The first-order valence-electron chi connectivity index (χ1n) is 6.89. The minimum Gasteiger partial charge on any atom is -0.396 e. The summed E-state index contributed by atoms with van der Waals surface area (Å²) < 4.78 is 1.54. The molecule has 0 bridgehead atoms. The maximum Gasteiger partial charge on any atom is 0.276 e. The van der Waals surface area contributed by atoms with E-state index < -0.39 is 0 Å². The second-order valence-electron chi connectivity index (χ2n) is 5.09. The number of hydrogen-bond acceptors (Lipinski definition) is 4. The molecule has 7 nitrogen and oxygen atoms in total. The van der Waals surface area contributed by atoms with E-state index in [2.05, 4.69) is 10.4 Å². The van der Waals surface area contributed by atoms with Crippen LogP contribution in [0, 0.1) is 0 Å². The Morgan fingerprint density at radius 1 is 1.45 bits per heavy atom. The van der Waals surface area contributed by atoms with E-state index in [1.165, 1.54) is 4.68 Å². The lowest BCUT2D eigenvalue weighted by atomic mass is 10.0. The third kappa shape index (κ3) is 3.09. The number of rotatable bonds is 3. The maximum absolute atomic E-state index is 12.3. The molecule has 1 aliphatic heterocycles. The molecule has 0 atom stereocenters. The second-order valence-corrected chi connectivity index (χ2v) is 5.09. The van der Waals surface area contributed by atoms with Gasteiger partial charge in [-0.1, -0.05) is 6.92 Å². The van der Waals surface area contributed by atoms with Crippen LogP contribution in [0.25, 0.3) is 0 Å². The van der Waals surface area contributed by atoms with Crippen LogP contribution >= 0.6 is 0 Å². The maximum atomic E-state index is 12.3. The predicted octanol–water partition coefficient (Wildman–Crippen LogP) is 0.133. The van der Waals surface area contributed by atoms with Crippen LogP contribution in [0.1, 0.15) is 36.7 Å². The summed E-state index contributed by atoms with van der Waals surface area (Å²) in [5.74, 6) is -0.0767. The molecular weight excluding hydrogens is 258 g/mol. The van der Waals surface area contributed by atoms with Crippen molar-refractivity contribution in [3.63, 3.8) is 0 Å². The number of nitrogens with two attached hydrogens (primary N) is 1. The van der Waals surface area contributed by atoms with Crippen LogP contribution in [0.2, 0.25) is 0 Å². The van der Waals surface area contributed by atoms with Crippen molar-refractivity contribution < 1.29 is 9.59 Å². The summed E-state index contributed by atoms with van der Waals surface area (Å²) in [4.78, 5) is 25.4. The van der Waals surface area contributed by atoms with E-state index >= 15 is 0 Å². The number of nitrogen functional groups attached to an aromatic ring is 1. The van der Waals surface area contributed by atoms with E-state index in [-0.39, 0.29) is 17.9 Å². The number of nitrogens with one attached hydrogen (secondary N) is 1. The summed E-state index contributed by atoms with van der Waals surface area (Å²) in [5, 5.41) is 7.06. The van der Waals surface area contributed by atoms with Crippen molar-refractivity contribution in [2.45, 2.75) is 32.2 Å². The first-order chi connectivity index (χ1) is 9.51. The Bertz CT molecular complexity index is 503. The quantitative estimate of drug-likeness (QED) is 0.822. The third-order valence-corrected chi connectivity index (χ3v) is 3.53. The largest absolute Gasteiger partial charge is 0.396 e. The first-order valence-corrected chi connectivity index (χ1v) is 6.89. The average molecular weight is 279 g/mol. The Morgan fingerprint density at radius 3 is 2.60 bits per heavy atom. The molecule has 1 aromatic rings. The lowest BCUT2D eigenvalue weighted by Crippen LogP contribution is -2.46. The number of nitrogens with zero attached hydrogens (tertiary/aromatic N) is 3. The highest BCUT2D eigenvalue weighted by Crippen LogP contribution is 2.16. The van der Waals surface area contributed by atoms with Crippen molar-refractivity contribution in [3.8, 4) is 0 Å². The van der Waals surface area contributed by atoms with E-state index in [0.717, 1.165) is 12.8 Å². The lowest BCUT2D eigenvalue weighted by Gasteiger charge is -2.32. The van der Waals surface area contributed by atoms with Gasteiger partial charge in [0.25, 0.3) is 5.91 Å². The third-order valence-electron chi connectivity index (χ3n) is 3.53. The molecule has 0 radical (unpaired) electrons. The molecule has 0 spiro atoms. The molecule has 20 heavy (non-hydrogen) atoms. The highest BCUT2D eigenvalue weighted by atomic mass is 16.2. The summed E-state index contributed by atoms with van der Waals surface area (Å²) in [6.07, 6.45) is 3.65. The number of carbonyl (C=O) groups excluding carboxylic acids is 2. The molecule has 110 valence electrons. The van der Waals surface area contributed by atoms with Gasteiger partial charge in [-0.25, -0.2) is 0 Å². The van der Waals surface area contributed by atoms with Gasteiger partial charge < -0.3 is 16.0 Å². The van der Waals surface area contributed by atoms with Gasteiger partial charge in [-0.05, 0) is 12.8 Å². The Labute approximate surface area is 118 Å². The molecule has 1 aliphatic rings. The van der Waals surface area contributed by atoms with Gasteiger partial charge in [-0.2, -0.15) is 5.10 Å². The first kappa shape index (κ1) is 14.4. The Balaban J connectivity index is 1.92. The summed E-state index contributed by atoms with van der Waals surface area (Å²) >= 11 is 0. The monoisotopic (exact) mass is 279 g/mol. The van der Waals surface area contributed by atoms with E-state index in [4.69, 9.17) is 5.73 Å². The summed E-state index contributed by atoms with van der Waals surface area (Å²) in [6.45, 7) is 3.06. The molecule has 1 saturated heterocycles. The van der Waals surface area contributed by atoms with Gasteiger partial charge >= 0.3 is 0 Å². The summed E-state index contributed by atoms with van der Waals surface area (Å²) in [5.41, 5.74) is 6.48. The molecule has 3 N–H and O–H groups in total. The normalized spacial score (nSPS) is 16.2. The van der Waals surface area contributed by atoms with Crippen LogP contribution in [0.3, 0.4) is 0 Å². The number of aromatic nitrogens is 2. The second kappa shape index (κ2) is 5.94. The van der Waals surface area contributed by atoms with Gasteiger partial charge in [0, 0.05) is 38.8 Å². The summed E-state index contributed by atoms with van der Waals surface area (Å²) in [6, 6.07) is 0.160. The van der Waals surface area contributed by atoms with Gasteiger partial charge in [-0.3, -0.25) is 14.3 Å². The standard InChI is InChI=1S/C13H21N5O2/c1-3-11(19)15-9-4-6-18(7-5-9)13(20)12-10(14)8-17(2)16-12/h8-9H,3-7,14H2,1-2H3,(H,15,19). The fourth-order valence-electron chi connectivity index (χ4n) is 2.38. The number of amides is 2. The Morgan fingerprint density at radius 2 is 2.10 bits per heavy atom. The van der Waals surface area contributed by atoms with Gasteiger partial charge in [-0.15, -0.1) is 0 Å². The van der Waals surface area contributed by atoms with Crippen molar-refractivity contribution in [1.82, 2.24) is 20.0 Å². The van der Waals surface area contributed by atoms with Gasteiger partial charge in [0.05, 0.1) is 5.69 Å². The van der Waals surface area contributed by atoms with Gasteiger partial charge in [0.15, 0.2) is 5.69 Å². The smallest absolute Gasteiger partial charge is 0.276 e. The van der Waals surface area contributed by atoms with Crippen LogP contribution in [-0.4, -0.2) is 45.6 Å². The van der Waals surface area contributed by atoms with Crippen LogP contribution < -0.4 is 11.1 Å². The van der Waals surface area contributed by atoms with Crippen LogP contribution in [-0.2, 0) is 11.8 Å². The Hall–Kier alpha value is -2.05. The molecule has 0 saturated carbocycles. The molecule has 2 rings (SSSR count). The molecule has 2 heterocycles. The van der Waals surface area contributed by atoms with Crippen LogP contribution in [0.5, 0.6) is 0 Å². The van der Waals surface area contributed by atoms with Crippen molar-refractivity contribution in [2.75, 3.05) is 18.8 Å². The minimum absolute atomic E-state index is 0.0590. The lowest BCUT2D eigenvalue weighted by molar-refractivity contribution is -0.121. The van der Waals surface area contributed by atoms with Crippen molar-refractivity contribution in [1.29, 1.82) is 0 Å². The molecule has 1 fully saturated rings. The van der Waals surface area contributed by atoms with Crippen molar-refractivity contribution in [3.05, 3.63) is 11.9 Å². The minimum atomic E-state index is -0.136. The van der Waals surface area contributed by atoms with Crippen molar-refractivity contribution in [2.24, 2.45) is 7.05 Å². The van der Waals surface area contributed by atoms with E-state index in [0.29, 0.717) is 30.9 Å². The zero-order valence-electron chi connectivity index (χ0n) is 11.9. The number of likely N-dealkylation sites (tertiary alicyclic amines) is 1. The van der Waals surface area contributed by atoms with E-state index in [1.54, 1.807) is 18.1 Å². The molecular formula is C13H21N5O2. The van der Waals surface area contributed by atoms with Gasteiger partial charge in [0.2, 0.25) is 5.91 Å². The number of carbonyl (C=O) groups is 2. The number of aryl methyl sites for hydroxylation is 1. The SMILES string of the molecule is CCC(=O)NC1CCN(C(=O)c2nn(C)cc2N)CC1. The average Bonchev–Trinajstić information content (AvgIpc) is 2.77. The van der Waals surface area contributed by atoms with Crippen LogP contribution in [0.15, 0.2) is 6.20 Å². The number of anilines is 1. The van der Waals surface area contributed by atoms with E-state index in [1.807, 2.05) is 6.92 Å². The molecule has 7 heteroatoms. The van der Waals surface area contributed by atoms with Crippen molar-refractivity contribution >= 4 is 17.5 Å². The fraction of sp³-hybridized carbons (Fsp3) is 0.615. The number of hydrogen-bond donors (Lipinski definition) is 2. The molecule has 1 aromatic heterocycles. The number of piperidine rings is 1. The topological polar surface area (TPSA) is 93.2 Å².